The second-order valence-corrected chi connectivity index (χ2v) is 8.64. The first-order chi connectivity index (χ1) is 15.6. The number of nitrogens with zero attached hydrogens (tertiary/aromatic N) is 5. The van der Waals surface area contributed by atoms with Crippen molar-refractivity contribution >= 4 is 28.0 Å². The summed E-state index contributed by atoms with van der Waals surface area (Å²) in [7, 11) is 2.15. The Morgan fingerprint density at radius 2 is 2.00 bits per heavy atom. The highest BCUT2D eigenvalue weighted by Crippen LogP contribution is 2.30. The predicted octanol–water partition coefficient (Wildman–Crippen LogP) is 4.25. The number of hydrogen-bond acceptors (Lipinski definition) is 7. The molecule has 0 unspecified atom stereocenters. The lowest BCUT2D eigenvalue weighted by atomic mass is 10.1. The molecule has 0 bridgehead atoms. The fourth-order valence-electron chi connectivity index (χ4n) is 4.03. The van der Waals surface area contributed by atoms with Gasteiger partial charge in [0.25, 0.3) is 0 Å². The van der Waals surface area contributed by atoms with E-state index < -0.39 is 0 Å². The van der Waals surface area contributed by atoms with Crippen LogP contribution in [0.4, 0.5) is 5.95 Å². The highest BCUT2D eigenvalue weighted by atomic mass is 16.5. The standard InChI is InChI=1S/C24H29N7O/c1-4-15(2)28-24-27-13-19-18(12-26-23(19)30-24)16-5-6-20-21(11-16)29-22(14-25-20)32-17-7-9-31(3)10-8-17/h5-6,11-15,17H,4,7-10H2,1-3H3,(H2,26,27,28,30)/t15-/m0/s1. The normalized spacial score (nSPS) is 16.5. The minimum absolute atomic E-state index is 0.199. The molecule has 1 saturated heterocycles. The molecule has 1 aliphatic rings. The van der Waals surface area contributed by atoms with Gasteiger partial charge in [0, 0.05) is 42.5 Å². The van der Waals surface area contributed by atoms with E-state index in [2.05, 4.69) is 63.2 Å². The molecule has 32 heavy (non-hydrogen) atoms. The monoisotopic (exact) mass is 431 g/mol. The minimum Gasteiger partial charge on any atom is -0.473 e. The van der Waals surface area contributed by atoms with Gasteiger partial charge in [-0.25, -0.2) is 15.0 Å². The van der Waals surface area contributed by atoms with Crippen molar-refractivity contribution in [1.29, 1.82) is 0 Å². The molecule has 0 amide bonds. The number of piperidine rings is 1. The molecular weight excluding hydrogens is 402 g/mol. The number of fused-ring (bicyclic) bond motifs is 2. The van der Waals surface area contributed by atoms with E-state index in [1.807, 2.05) is 18.5 Å². The number of aromatic nitrogens is 5. The van der Waals surface area contributed by atoms with E-state index in [0.29, 0.717) is 17.9 Å². The molecule has 3 aromatic heterocycles. The zero-order chi connectivity index (χ0) is 22.1. The van der Waals surface area contributed by atoms with Crippen molar-refractivity contribution in [3.8, 4) is 17.0 Å². The lowest BCUT2D eigenvalue weighted by molar-refractivity contribution is 0.110. The van der Waals surface area contributed by atoms with Crippen LogP contribution < -0.4 is 10.1 Å². The van der Waals surface area contributed by atoms with E-state index in [9.17, 15) is 0 Å². The van der Waals surface area contributed by atoms with Crippen LogP contribution in [0.3, 0.4) is 0 Å². The zero-order valence-corrected chi connectivity index (χ0v) is 18.8. The van der Waals surface area contributed by atoms with Crippen LogP contribution in [0.15, 0.2) is 36.8 Å². The lowest BCUT2D eigenvalue weighted by Gasteiger charge is -2.28. The van der Waals surface area contributed by atoms with Gasteiger partial charge in [-0.3, -0.25) is 0 Å². The molecule has 8 nitrogen and oxygen atoms in total. The second kappa shape index (κ2) is 8.70. The van der Waals surface area contributed by atoms with Gasteiger partial charge < -0.3 is 19.9 Å². The number of likely N-dealkylation sites (tertiary alicyclic amines) is 1. The van der Waals surface area contributed by atoms with E-state index in [0.717, 1.165) is 65.5 Å². The SMILES string of the molecule is CC[C@H](C)Nc1ncc2c(-c3ccc4ncc(OC5CCN(C)CC5)nc4c3)c[nH]c2n1. The first kappa shape index (κ1) is 20.6. The van der Waals surface area contributed by atoms with Gasteiger partial charge in [-0.1, -0.05) is 13.0 Å². The predicted molar refractivity (Wildman–Crippen MR) is 127 cm³/mol. The Bertz CT molecular complexity index is 1230. The number of aromatic amines is 1. The molecule has 166 valence electrons. The Morgan fingerprint density at radius 3 is 2.81 bits per heavy atom. The summed E-state index contributed by atoms with van der Waals surface area (Å²) in [4.78, 5) is 24.0. The van der Waals surface area contributed by atoms with Gasteiger partial charge in [0.05, 0.1) is 17.2 Å². The van der Waals surface area contributed by atoms with Gasteiger partial charge in [0.2, 0.25) is 11.8 Å². The molecule has 0 spiro atoms. The first-order valence-corrected chi connectivity index (χ1v) is 11.3. The summed E-state index contributed by atoms with van der Waals surface area (Å²) >= 11 is 0. The summed E-state index contributed by atoms with van der Waals surface area (Å²) in [6.45, 7) is 6.35. The molecule has 4 aromatic rings. The smallest absolute Gasteiger partial charge is 0.233 e. The second-order valence-electron chi connectivity index (χ2n) is 8.64. The Hall–Kier alpha value is -3.26. The maximum Gasteiger partial charge on any atom is 0.233 e. The molecule has 1 aliphatic heterocycles. The molecule has 8 heteroatoms. The quantitative estimate of drug-likeness (QED) is 0.471. The first-order valence-electron chi connectivity index (χ1n) is 11.3. The maximum absolute atomic E-state index is 6.13. The third-order valence-electron chi connectivity index (χ3n) is 6.20. The van der Waals surface area contributed by atoms with Crippen LogP contribution in [-0.4, -0.2) is 62.1 Å². The number of rotatable bonds is 6. The summed E-state index contributed by atoms with van der Waals surface area (Å²) < 4.78 is 6.13. The highest BCUT2D eigenvalue weighted by Gasteiger charge is 2.19. The number of benzene rings is 1. The molecule has 4 heterocycles. The van der Waals surface area contributed by atoms with Gasteiger partial charge in [-0.2, -0.15) is 4.98 Å². The van der Waals surface area contributed by atoms with E-state index in [1.54, 1.807) is 6.20 Å². The Balaban J connectivity index is 1.42. The van der Waals surface area contributed by atoms with Crippen molar-refractivity contribution in [1.82, 2.24) is 29.8 Å². The van der Waals surface area contributed by atoms with Crippen molar-refractivity contribution in [3.05, 3.63) is 36.8 Å². The number of hydrogen-bond donors (Lipinski definition) is 2. The lowest BCUT2D eigenvalue weighted by Crippen LogP contribution is -2.35. The van der Waals surface area contributed by atoms with E-state index in [-0.39, 0.29) is 6.10 Å². The number of anilines is 1. The van der Waals surface area contributed by atoms with Crippen LogP contribution in [0.25, 0.3) is 33.2 Å². The molecule has 1 aromatic carbocycles. The summed E-state index contributed by atoms with van der Waals surface area (Å²) in [5, 5.41) is 4.30. The summed E-state index contributed by atoms with van der Waals surface area (Å²) in [5.74, 6) is 1.23. The molecule has 2 N–H and O–H groups in total. The molecular formula is C24H29N7O. The van der Waals surface area contributed by atoms with Crippen molar-refractivity contribution < 1.29 is 4.74 Å². The van der Waals surface area contributed by atoms with Crippen LogP contribution in [0.5, 0.6) is 5.88 Å². The van der Waals surface area contributed by atoms with E-state index >= 15 is 0 Å². The average molecular weight is 432 g/mol. The van der Waals surface area contributed by atoms with Crippen LogP contribution in [-0.2, 0) is 0 Å². The van der Waals surface area contributed by atoms with Crippen LogP contribution >= 0.6 is 0 Å². The molecule has 1 atom stereocenters. The highest BCUT2D eigenvalue weighted by molar-refractivity contribution is 5.95. The third-order valence-corrected chi connectivity index (χ3v) is 6.20. The molecule has 1 fully saturated rings. The molecule has 0 aliphatic carbocycles. The fourth-order valence-corrected chi connectivity index (χ4v) is 4.03. The zero-order valence-electron chi connectivity index (χ0n) is 18.8. The number of H-pyrrole nitrogens is 1. The maximum atomic E-state index is 6.13. The molecule has 5 rings (SSSR count). The topological polar surface area (TPSA) is 91.9 Å². The summed E-state index contributed by atoms with van der Waals surface area (Å²) in [6, 6.07) is 6.43. The Kier molecular flexibility index (Phi) is 5.61. The largest absolute Gasteiger partial charge is 0.473 e. The average Bonchev–Trinajstić information content (AvgIpc) is 3.23. The minimum atomic E-state index is 0.199. The fraction of sp³-hybridized carbons (Fsp3) is 0.417. The van der Waals surface area contributed by atoms with Crippen molar-refractivity contribution in [2.45, 2.75) is 45.3 Å². The van der Waals surface area contributed by atoms with Gasteiger partial charge >= 0.3 is 0 Å². The summed E-state index contributed by atoms with van der Waals surface area (Å²) in [6.07, 6.45) is 8.81. The number of ether oxygens (including phenoxy) is 1. The van der Waals surface area contributed by atoms with E-state index in [1.165, 1.54) is 0 Å². The van der Waals surface area contributed by atoms with Crippen molar-refractivity contribution in [2.24, 2.45) is 0 Å². The Morgan fingerprint density at radius 1 is 1.16 bits per heavy atom. The van der Waals surface area contributed by atoms with Gasteiger partial charge in [-0.15, -0.1) is 0 Å². The van der Waals surface area contributed by atoms with Gasteiger partial charge in [0.1, 0.15) is 11.8 Å². The Labute approximate surface area is 187 Å². The molecule has 0 radical (unpaired) electrons. The molecule has 0 saturated carbocycles. The van der Waals surface area contributed by atoms with Crippen LogP contribution in [0, 0.1) is 0 Å². The van der Waals surface area contributed by atoms with Gasteiger partial charge in [0.15, 0.2) is 0 Å². The van der Waals surface area contributed by atoms with Crippen LogP contribution in [0.1, 0.15) is 33.1 Å². The van der Waals surface area contributed by atoms with E-state index in [4.69, 9.17) is 9.72 Å². The number of nitrogens with one attached hydrogen (secondary N) is 2. The third kappa shape index (κ3) is 4.23. The van der Waals surface area contributed by atoms with Gasteiger partial charge in [-0.05, 0) is 50.9 Å². The summed E-state index contributed by atoms with van der Waals surface area (Å²) in [5.41, 5.74) is 4.56. The van der Waals surface area contributed by atoms with Crippen molar-refractivity contribution in [2.75, 3.05) is 25.5 Å². The van der Waals surface area contributed by atoms with Crippen LogP contribution in [0.2, 0.25) is 0 Å². The van der Waals surface area contributed by atoms with Crippen molar-refractivity contribution in [3.63, 3.8) is 0 Å².